The highest BCUT2D eigenvalue weighted by molar-refractivity contribution is 6.33. The van der Waals surface area contributed by atoms with Crippen LogP contribution >= 0.6 is 11.6 Å². The minimum atomic E-state index is -0.413. The van der Waals surface area contributed by atoms with Gasteiger partial charge in [0.25, 0.3) is 5.91 Å². The summed E-state index contributed by atoms with van der Waals surface area (Å²) in [4.78, 5) is 15.6. The van der Waals surface area contributed by atoms with Crippen molar-refractivity contribution in [2.75, 3.05) is 0 Å². The van der Waals surface area contributed by atoms with Crippen LogP contribution in [0.1, 0.15) is 23.2 Å². The Hall–Kier alpha value is -1.60. The van der Waals surface area contributed by atoms with Crippen LogP contribution < -0.4 is 5.32 Å². The van der Waals surface area contributed by atoms with Crippen LogP contribution in [0.15, 0.2) is 18.5 Å². The van der Waals surface area contributed by atoms with Gasteiger partial charge in [-0.1, -0.05) is 11.6 Å². The van der Waals surface area contributed by atoms with Gasteiger partial charge in [0.1, 0.15) is 6.04 Å². The van der Waals surface area contributed by atoms with E-state index in [0.717, 1.165) is 12.8 Å². The van der Waals surface area contributed by atoms with Crippen LogP contribution in [-0.4, -0.2) is 16.9 Å². The Labute approximate surface area is 98.2 Å². The molecular weight excluding hydrogens is 226 g/mol. The molecule has 1 atom stereocenters. The van der Waals surface area contributed by atoms with Crippen molar-refractivity contribution >= 4 is 17.5 Å². The third-order valence-corrected chi connectivity index (χ3v) is 2.86. The van der Waals surface area contributed by atoms with E-state index < -0.39 is 6.04 Å². The molecule has 5 heteroatoms. The highest BCUT2D eigenvalue weighted by atomic mass is 35.5. The van der Waals surface area contributed by atoms with E-state index in [-0.39, 0.29) is 5.91 Å². The summed E-state index contributed by atoms with van der Waals surface area (Å²) in [7, 11) is 0. The SMILES string of the molecule is N#CC(NC(=O)c1cnccc1Cl)C1CC1. The van der Waals surface area contributed by atoms with Crippen LogP contribution in [0.2, 0.25) is 5.02 Å². The van der Waals surface area contributed by atoms with E-state index in [1.54, 1.807) is 6.07 Å². The maximum Gasteiger partial charge on any atom is 0.255 e. The topological polar surface area (TPSA) is 65.8 Å². The summed E-state index contributed by atoms with van der Waals surface area (Å²) < 4.78 is 0. The average molecular weight is 236 g/mol. The minimum Gasteiger partial charge on any atom is -0.336 e. The monoisotopic (exact) mass is 235 g/mol. The van der Waals surface area contributed by atoms with E-state index in [2.05, 4.69) is 16.4 Å². The molecule has 0 bridgehead atoms. The molecule has 16 heavy (non-hydrogen) atoms. The smallest absolute Gasteiger partial charge is 0.255 e. The number of nitrogens with zero attached hydrogens (tertiary/aromatic N) is 2. The maximum atomic E-state index is 11.8. The Morgan fingerprint density at radius 2 is 2.44 bits per heavy atom. The summed E-state index contributed by atoms with van der Waals surface area (Å²) in [6.45, 7) is 0. The number of halogens is 1. The number of rotatable bonds is 3. The number of aromatic nitrogens is 1. The zero-order chi connectivity index (χ0) is 11.5. The molecule has 1 amide bonds. The van der Waals surface area contributed by atoms with E-state index in [1.807, 2.05) is 0 Å². The molecule has 1 saturated carbocycles. The fourth-order valence-corrected chi connectivity index (χ4v) is 1.64. The summed E-state index contributed by atoms with van der Waals surface area (Å²) in [5.74, 6) is -0.0408. The van der Waals surface area contributed by atoms with Crippen LogP contribution in [0.5, 0.6) is 0 Å². The van der Waals surface area contributed by atoms with Crippen LogP contribution in [0.3, 0.4) is 0 Å². The van der Waals surface area contributed by atoms with Gasteiger partial charge in [-0.2, -0.15) is 5.26 Å². The summed E-state index contributed by atoms with van der Waals surface area (Å²) in [6, 6.07) is 3.23. The first-order chi connectivity index (χ1) is 7.72. The molecule has 0 radical (unpaired) electrons. The predicted molar refractivity (Wildman–Crippen MR) is 58.8 cm³/mol. The van der Waals surface area contributed by atoms with Crippen molar-refractivity contribution in [2.45, 2.75) is 18.9 Å². The van der Waals surface area contributed by atoms with Crippen molar-refractivity contribution in [1.82, 2.24) is 10.3 Å². The Kier molecular flexibility index (Phi) is 3.07. The van der Waals surface area contributed by atoms with Gasteiger partial charge >= 0.3 is 0 Å². The molecule has 1 aliphatic carbocycles. The first-order valence-corrected chi connectivity index (χ1v) is 5.40. The van der Waals surface area contributed by atoms with Gasteiger partial charge in [0, 0.05) is 12.4 Å². The van der Waals surface area contributed by atoms with Crippen molar-refractivity contribution in [1.29, 1.82) is 5.26 Å². The lowest BCUT2D eigenvalue weighted by Gasteiger charge is -2.10. The Bertz CT molecular complexity index is 451. The molecule has 1 aliphatic rings. The summed E-state index contributed by atoms with van der Waals surface area (Å²) in [6.07, 6.45) is 4.92. The van der Waals surface area contributed by atoms with Gasteiger partial charge in [0.15, 0.2) is 0 Å². The van der Waals surface area contributed by atoms with Gasteiger partial charge in [-0.15, -0.1) is 0 Å². The number of hydrogen-bond acceptors (Lipinski definition) is 3. The summed E-state index contributed by atoms with van der Waals surface area (Å²) >= 11 is 5.86. The number of pyridine rings is 1. The molecule has 1 unspecified atom stereocenters. The molecule has 4 nitrogen and oxygen atoms in total. The van der Waals surface area contributed by atoms with Gasteiger partial charge in [0.05, 0.1) is 16.7 Å². The lowest BCUT2D eigenvalue weighted by molar-refractivity contribution is 0.0941. The molecule has 1 aromatic rings. The van der Waals surface area contributed by atoms with Gasteiger partial charge in [0.2, 0.25) is 0 Å². The fourth-order valence-electron chi connectivity index (χ4n) is 1.45. The molecule has 0 spiro atoms. The lowest BCUT2D eigenvalue weighted by atomic mass is 10.2. The van der Waals surface area contributed by atoms with E-state index in [9.17, 15) is 4.79 Å². The van der Waals surface area contributed by atoms with Crippen molar-refractivity contribution in [3.05, 3.63) is 29.0 Å². The molecular formula is C11H10ClN3O. The zero-order valence-electron chi connectivity index (χ0n) is 8.48. The van der Waals surface area contributed by atoms with Gasteiger partial charge in [-0.3, -0.25) is 9.78 Å². The second-order valence-corrected chi connectivity index (χ2v) is 4.18. The molecule has 1 aromatic heterocycles. The van der Waals surface area contributed by atoms with Gasteiger partial charge in [-0.25, -0.2) is 0 Å². The molecule has 2 rings (SSSR count). The maximum absolute atomic E-state index is 11.8. The number of nitriles is 1. The normalized spacial score (nSPS) is 16.2. The van der Waals surface area contributed by atoms with E-state index in [0.29, 0.717) is 16.5 Å². The van der Waals surface area contributed by atoms with Crippen molar-refractivity contribution < 1.29 is 4.79 Å². The summed E-state index contributed by atoms with van der Waals surface area (Å²) in [5, 5.41) is 11.9. The van der Waals surface area contributed by atoms with Crippen molar-refractivity contribution in [3.8, 4) is 6.07 Å². The number of hydrogen-bond donors (Lipinski definition) is 1. The molecule has 1 N–H and O–H groups in total. The fraction of sp³-hybridized carbons (Fsp3) is 0.364. The third kappa shape index (κ3) is 2.31. The number of amides is 1. The predicted octanol–water partition coefficient (Wildman–Crippen LogP) is 1.77. The largest absolute Gasteiger partial charge is 0.336 e. The van der Waals surface area contributed by atoms with Crippen LogP contribution in [-0.2, 0) is 0 Å². The molecule has 0 saturated heterocycles. The molecule has 1 heterocycles. The van der Waals surface area contributed by atoms with Crippen LogP contribution in [0.25, 0.3) is 0 Å². The highest BCUT2D eigenvalue weighted by Crippen LogP contribution is 2.32. The highest BCUT2D eigenvalue weighted by Gasteiger charge is 2.32. The average Bonchev–Trinajstić information content (AvgIpc) is 3.10. The van der Waals surface area contributed by atoms with Crippen LogP contribution in [0, 0.1) is 17.2 Å². The van der Waals surface area contributed by atoms with Gasteiger partial charge in [-0.05, 0) is 24.8 Å². The zero-order valence-corrected chi connectivity index (χ0v) is 9.24. The van der Waals surface area contributed by atoms with Gasteiger partial charge < -0.3 is 5.32 Å². The number of carbonyl (C=O) groups is 1. The lowest BCUT2D eigenvalue weighted by Crippen LogP contribution is -2.35. The van der Waals surface area contributed by atoms with Crippen LogP contribution in [0.4, 0.5) is 0 Å². The standard InChI is InChI=1S/C11H10ClN3O/c12-9-3-4-14-6-8(9)11(16)15-10(5-13)7-1-2-7/h3-4,6-7,10H,1-2H2,(H,15,16). The number of carbonyl (C=O) groups excluding carboxylic acids is 1. The quantitative estimate of drug-likeness (QED) is 0.868. The van der Waals surface area contributed by atoms with Crippen molar-refractivity contribution in [2.24, 2.45) is 5.92 Å². The Morgan fingerprint density at radius 1 is 1.69 bits per heavy atom. The second-order valence-electron chi connectivity index (χ2n) is 3.77. The first-order valence-electron chi connectivity index (χ1n) is 5.02. The first kappa shape index (κ1) is 10.9. The third-order valence-electron chi connectivity index (χ3n) is 2.53. The number of nitrogens with one attached hydrogen (secondary N) is 1. The molecule has 82 valence electrons. The molecule has 0 aliphatic heterocycles. The minimum absolute atomic E-state index is 0.296. The van der Waals surface area contributed by atoms with Crippen molar-refractivity contribution in [3.63, 3.8) is 0 Å². The van der Waals surface area contributed by atoms with E-state index >= 15 is 0 Å². The second kappa shape index (κ2) is 4.50. The van der Waals surface area contributed by atoms with E-state index in [4.69, 9.17) is 16.9 Å². The molecule has 1 fully saturated rings. The Balaban J connectivity index is 2.08. The summed E-state index contributed by atoms with van der Waals surface area (Å²) in [5.41, 5.74) is 0.310. The Morgan fingerprint density at radius 3 is 3.00 bits per heavy atom. The molecule has 0 aromatic carbocycles. The van der Waals surface area contributed by atoms with E-state index in [1.165, 1.54) is 12.4 Å².